The first kappa shape index (κ1) is 19.8. The van der Waals surface area contributed by atoms with Crippen molar-refractivity contribution in [3.8, 4) is 11.4 Å². The smallest absolute Gasteiger partial charge is 0.221 e. The number of aromatic nitrogens is 3. The van der Waals surface area contributed by atoms with Gasteiger partial charge in [-0.25, -0.2) is 0 Å². The number of hydrogen-bond donors (Lipinski definition) is 1. The van der Waals surface area contributed by atoms with Gasteiger partial charge in [0.25, 0.3) is 0 Å². The topological polar surface area (TPSA) is 76.9 Å². The number of rotatable bonds is 6. The Morgan fingerprint density at radius 3 is 2.29 bits per heavy atom. The Balaban J connectivity index is 1.72. The first-order chi connectivity index (χ1) is 13.3. The van der Waals surface area contributed by atoms with Crippen molar-refractivity contribution in [1.29, 1.82) is 0 Å². The lowest BCUT2D eigenvalue weighted by Gasteiger charge is -2.11. The number of ketones is 1. The Kier molecular flexibility index (Phi) is 5.94. The van der Waals surface area contributed by atoms with Crippen molar-refractivity contribution in [3.05, 3.63) is 59.7 Å². The number of amides is 1. The lowest BCUT2D eigenvalue weighted by Crippen LogP contribution is -2.14. The van der Waals surface area contributed by atoms with Gasteiger partial charge >= 0.3 is 0 Å². The van der Waals surface area contributed by atoms with Crippen LogP contribution in [0.1, 0.15) is 29.8 Å². The molecular weight excluding hydrogens is 372 g/mol. The number of aryl methyl sites for hydroxylation is 1. The molecule has 28 heavy (non-hydrogen) atoms. The van der Waals surface area contributed by atoms with Crippen LogP contribution in [-0.2, 0) is 11.8 Å². The first-order valence-corrected chi connectivity index (χ1v) is 9.78. The maximum Gasteiger partial charge on any atom is 0.221 e. The van der Waals surface area contributed by atoms with E-state index in [4.69, 9.17) is 0 Å². The van der Waals surface area contributed by atoms with Crippen molar-refractivity contribution in [2.24, 2.45) is 7.05 Å². The summed E-state index contributed by atoms with van der Waals surface area (Å²) in [5.41, 5.74) is 3.43. The summed E-state index contributed by atoms with van der Waals surface area (Å²) in [6.07, 6.45) is 0. The molecule has 0 fully saturated rings. The van der Waals surface area contributed by atoms with Crippen LogP contribution in [0.3, 0.4) is 0 Å². The van der Waals surface area contributed by atoms with Crippen LogP contribution in [0.4, 0.5) is 5.69 Å². The van der Waals surface area contributed by atoms with Crippen LogP contribution in [0.2, 0.25) is 0 Å². The van der Waals surface area contributed by atoms with E-state index in [1.165, 1.54) is 24.2 Å². The second kappa shape index (κ2) is 8.39. The normalized spacial score (nSPS) is 11.9. The highest BCUT2D eigenvalue weighted by Crippen LogP contribution is 2.27. The molecule has 1 aromatic heterocycles. The van der Waals surface area contributed by atoms with E-state index in [2.05, 4.69) is 15.5 Å². The summed E-state index contributed by atoms with van der Waals surface area (Å²) < 4.78 is 1.90. The van der Waals surface area contributed by atoms with Crippen LogP contribution < -0.4 is 5.32 Å². The van der Waals surface area contributed by atoms with Crippen LogP contribution in [-0.4, -0.2) is 31.7 Å². The van der Waals surface area contributed by atoms with Crippen molar-refractivity contribution in [2.75, 3.05) is 5.32 Å². The maximum absolute atomic E-state index is 12.7. The minimum Gasteiger partial charge on any atom is -0.326 e. The van der Waals surface area contributed by atoms with Crippen molar-refractivity contribution in [2.45, 2.75) is 31.2 Å². The average Bonchev–Trinajstić information content (AvgIpc) is 3.02. The zero-order valence-electron chi connectivity index (χ0n) is 16.3. The molecule has 0 radical (unpaired) electrons. The summed E-state index contributed by atoms with van der Waals surface area (Å²) in [6, 6.07) is 15.0. The van der Waals surface area contributed by atoms with E-state index in [0.717, 1.165) is 11.4 Å². The van der Waals surface area contributed by atoms with Gasteiger partial charge in [-0.15, -0.1) is 10.2 Å². The van der Waals surface area contributed by atoms with Gasteiger partial charge in [0.15, 0.2) is 16.8 Å². The van der Waals surface area contributed by atoms with Crippen LogP contribution in [0, 0.1) is 6.92 Å². The second-order valence-electron chi connectivity index (χ2n) is 6.61. The fourth-order valence-electron chi connectivity index (χ4n) is 2.74. The first-order valence-electron chi connectivity index (χ1n) is 8.90. The van der Waals surface area contributed by atoms with Crippen molar-refractivity contribution < 1.29 is 9.59 Å². The number of carbonyl (C=O) groups excluding carboxylic acids is 2. The average molecular weight is 395 g/mol. The number of nitrogens with zero attached hydrogens (tertiary/aromatic N) is 3. The lowest BCUT2D eigenvalue weighted by atomic mass is 10.1. The summed E-state index contributed by atoms with van der Waals surface area (Å²) in [5.74, 6) is 0.621. The van der Waals surface area contributed by atoms with Crippen LogP contribution in [0.15, 0.2) is 53.7 Å². The standard InChI is InChI=1S/C21H22N4O2S/c1-13-5-7-17(8-6-13)20-23-24-21(25(20)4)28-14(2)19(27)16-9-11-18(12-10-16)22-15(3)26/h5-12,14H,1-4H3,(H,22,26). The molecule has 0 saturated heterocycles. The molecule has 2 aromatic carbocycles. The van der Waals surface area contributed by atoms with Gasteiger partial charge in [-0.05, 0) is 38.1 Å². The monoisotopic (exact) mass is 394 g/mol. The van der Waals surface area contributed by atoms with Gasteiger partial charge in [0.1, 0.15) is 0 Å². The van der Waals surface area contributed by atoms with Crippen molar-refractivity contribution in [3.63, 3.8) is 0 Å². The van der Waals surface area contributed by atoms with E-state index in [-0.39, 0.29) is 16.9 Å². The molecule has 1 unspecified atom stereocenters. The van der Waals surface area contributed by atoms with Crippen molar-refractivity contribution in [1.82, 2.24) is 14.8 Å². The third-order valence-corrected chi connectivity index (χ3v) is 5.42. The molecule has 1 amide bonds. The van der Waals surface area contributed by atoms with Gasteiger partial charge in [-0.2, -0.15) is 0 Å². The van der Waals surface area contributed by atoms with Gasteiger partial charge < -0.3 is 9.88 Å². The lowest BCUT2D eigenvalue weighted by molar-refractivity contribution is -0.114. The third-order valence-electron chi connectivity index (χ3n) is 4.29. The molecule has 0 bridgehead atoms. The van der Waals surface area contributed by atoms with Gasteiger partial charge in [-0.1, -0.05) is 41.6 Å². The Bertz CT molecular complexity index is 994. The largest absolute Gasteiger partial charge is 0.326 e. The molecule has 1 N–H and O–H groups in total. The van der Waals surface area contributed by atoms with Crippen molar-refractivity contribution >= 4 is 29.1 Å². The summed E-state index contributed by atoms with van der Waals surface area (Å²) in [6.45, 7) is 5.34. The highest BCUT2D eigenvalue weighted by molar-refractivity contribution is 8.00. The molecule has 144 valence electrons. The molecular formula is C21H22N4O2S. The van der Waals surface area contributed by atoms with E-state index >= 15 is 0 Å². The number of hydrogen-bond acceptors (Lipinski definition) is 5. The van der Waals surface area contributed by atoms with Crippen LogP contribution in [0.25, 0.3) is 11.4 Å². The molecule has 0 aliphatic carbocycles. The Morgan fingerprint density at radius 1 is 1.04 bits per heavy atom. The molecule has 0 aliphatic heterocycles. The molecule has 3 rings (SSSR count). The van der Waals surface area contributed by atoms with Crippen LogP contribution in [0.5, 0.6) is 0 Å². The fraction of sp³-hybridized carbons (Fsp3) is 0.238. The predicted molar refractivity (Wildman–Crippen MR) is 112 cm³/mol. The predicted octanol–water partition coefficient (Wildman–Crippen LogP) is 4.11. The van der Waals surface area contributed by atoms with Gasteiger partial charge in [0, 0.05) is 30.8 Å². The van der Waals surface area contributed by atoms with E-state index in [1.54, 1.807) is 24.3 Å². The number of benzene rings is 2. The molecule has 1 atom stereocenters. The van der Waals surface area contributed by atoms with E-state index in [9.17, 15) is 9.59 Å². The Labute approximate surface area is 168 Å². The second-order valence-corrected chi connectivity index (χ2v) is 7.92. The summed E-state index contributed by atoms with van der Waals surface area (Å²) >= 11 is 1.38. The molecule has 7 heteroatoms. The van der Waals surface area contributed by atoms with E-state index in [1.807, 2.05) is 49.7 Å². The minimum absolute atomic E-state index is 0.000684. The van der Waals surface area contributed by atoms with Gasteiger partial charge in [0.2, 0.25) is 5.91 Å². The number of nitrogens with one attached hydrogen (secondary N) is 1. The number of anilines is 1. The number of thioether (sulfide) groups is 1. The molecule has 0 aliphatic rings. The Morgan fingerprint density at radius 2 is 1.68 bits per heavy atom. The molecule has 0 saturated carbocycles. The van der Waals surface area contributed by atoms with E-state index in [0.29, 0.717) is 16.4 Å². The van der Waals surface area contributed by atoms with Gasteiger partial charge in [-0.3, -0.25) is 9.59 Å². The SMILES string of the molecule is CC(=O)Nc1ccc(C(=O)C(C)Sc2nnc(-c3ccc(C)cc3)n2C)cc1. The maximum atomic E-state index is 12.7. The van der Waals surface area contributed by atoms with Crippen LogP contribution >= 0.6 is 11.8 Å². The number of Topliss-reactive ketones (excluding diaryl/α,β-unsaturated/α-hetero) is 1. The van der Waals surface area contributed by atoms with Gasteiger partial charge in [0.05, 0.1) is 5.25 Å². The quantitative estimate of drug-likeness (QED) is 0.503. The molecule has 0 spiro atoms. The minimum atomic E-state index is -0.319. The Hall–Kier alpha value is -2.93. The highest BCUT2D eigenvalue weighted by Gasteiger charge is 2.20. The molecule has 3 aromatic rings. The summed E-state index contributed by atoms with van der Waals surface area (Å²) in [5, 5.41) is 11.6. The molecule has 6 nitrogen and oxygen atoms in total. The van der Waals surface area contributed by atoms with E-state index < -0.39 is 0 Å². The third kappa shape index (κ3) is 4.48. The fourth-order valence-corrected chi connectivity index (χ4v) is 3.63. The zero-order valence-corrected chi connectivity index (χ0v) is 17.1. The highest BCUT2D eigenvalue weighted by atomic mass is 32.2. The summed E-state index contributed by atoms with van der Waals surface area (Å²) in [7, 11) is 1.90. The molecule has 1 heterocycles. The zero-order chi connectivity index (χ0) is 20.3. The summed E-state index contributed by atoms with van der Waals surface area (Å²) in [4.78, 5) is 23.8. The number of carbonyl (C=O) groups is 2.